The van der Waals surface area contributed by atoms with Crippen LogP contribution >= 0.6 is 22.6 Å². The monoisotopic (exact) mass is 294 g/mol. The average Bonchev–Trinajstić information content (AvgIpc) is 2.16. The molecule has 0 fully saturated rings. The van der Waals surface area contributed by atoms with Gasteiger partial charge in [-0.1, -0.05) is 18.8 Å². The lowest BCUT2D eigenvalue weighted by molar-refractivity contribution is -0.140. The van der Waals surface area contributed by atoms with Gasteiger partial charge in [-0.05, 0) is 16.8 Å². The fourth-order valence-corrected chi connectivity index (χ4v) is 1.26. The van der Waals surface area contributed by atoms with Gasteiger partial charge in [0.2, 0.25) is 0 Å². The molecule has 0 spiro atoms. The Labute approximate surface area is 93.6 Å². The van der Waals surface area contributed by atoms with Crippen molar-refractivity contribution in [1.82, 2.24) is 0 Å². The number of carbonyl (C=O) groups excluding carboxylic acids is 1. The maximum Gasteiger partial charge on any atom is 0.305 e. The molecule has 0 amide bonds. The van der Waals surface area contributed by atoms with Crippen LogP contribution in [0.5, 0.6) is 0 Å². The topological polar surface area (TPSA) is 26.3 Å². The van der Waals surface area contributed by atoms with E-state index in [9.17, 15) is 4.79 Å². The number of unbranched alkanes of at least 4 members (excludes halogenated alkanes) is 4. The minimum Gasteiger partial charge on any atom is -0.469 e. The predicted octanol–water partition coefficient (Wildman–Crippen LogP) is 2.90. The number of carbonyl (C=O) groups is 1. The third kappa shape index (κ3) is 9.68. The highest BCUT2D eigenvalue weighted by Gasteiger charge is 1.98. The van der Waals surface area contributed by atoms with Crippen molar-refractivity contribution in [3.63, 3.8) is 0 Å². The lowest BCUT2D eigenvalue weighted by atomic mass is 10.1. The molecule has 0 N–H and O–H groups in total. The summed E-state index contributed by atoms with van der Waals surface area (Å²) in [5, 5.41) is 0. The van der Waals surface area contributed by atoms with Gasteiger partial charge in [0.15, 0.2) is 0 Å². The first kappa shape index (κ1) is 12.8. The number of esters is 1. The number of hydrogen-bond acceptors (Lipinski definition) is 2. The lowest BCUT2D eigenvalue weighted by Gasteiger charge is -1.98. The van der Waals surface area contributed by atoms with E-state index in [1.54, 1.807) is 0 Å². The first-order valence-corrected chi connectivity index (χ1v) is 5.54. The first-order valence-electron chi connectivity index (χ1n) is 4.46. The summed E-state index contributed by atoms with van der Waals surface area (Å²) in [6.07, 6.45) is 5.84. The zero-order valence-electron chi connectivity index (χ0n) is 7.94. The third-order valence-electron chi connectivity index (χ3n) is 1.73. The van der Waals surface area contributed by atoms with E-state index in [-0.39, 0.29) is 5.97 Å². The van der Waals surface area contributed by atoms with Crippen LogP contribution in [0.1, 0.15) is 38.5 Å². The Morgan fingerprint density at radius 1 is 1.31 bits per heavy atom. The highest BCUT2D eigenvalue weighted by atomic mass is 127. The molecule has 0 heterocycles. The van der Waals surface area contributed by atoms with Crippen LogP contribution in [0, 0.1) is 9.85 Å². The predicted molar refractivity (Wildman–Crippen MR) is 61.5 cm³/mol. The van der Waals surface area contributed by atoms with Gasteiger partial charge in [-0.25, -0.2) is 0 Å². The van der Waals surface area contributed by atoms with Crippen molar-refractivity contribution in [3.05, 3.63) is 0 Å². The quantitative estimate of drug-likeness (QED) is 0.326. The van der Waals surface area contributed by atoms with Crippen LogP contribution in [0.2, 0.25) is 0 Å². The number of ether oxygens (including phenoxy) is 1. The summed E-state index contributed by atoms with van der Waals surface area (Å²) in [7, 11) is 1.43. The van der Waals surface area contributed by atoms with Gasteiger partial charge < -0.3 is 4.74 Å². The fourth-order valence-electron chi connectivity index (χ4n) is 0.986. The van der Waals surface area contributed by atoms with E-state index < -0.39 is 0 Å². The van der Waals surface area contributed by atoms with Crippen LogP contribution in [0.15, 0.2) is 0 Å². The molecule has 0 bridgehead atoms. The van der Waals surface area contributed by atoms with Gasteiger partial charge >= 0.3 is 5.97 Å². The van der Waals surface area contributed by atoms with E-state index in [1.165, 1.54) is 7.11 Å². The van der Waals surface area contributed by atoms with Gasteiger partial charge in [0.25, 0.3) is 0 Å². The van der Waals surface area contributed by atoms with Crippen LogP contribution in [0.25, 0.3) is 0 Å². The smallest absolute Gasteiger partial charge is 0.305 e. The Balaban J connectivity index is 3.06. The highest BCUT2D eigenvalue weighted by Crippen LogP contribution is 2.05. The molecular formula is C10H15IO2. The molecule has 0 aliphatic rings. The number of methoxy groups -OCH3 is 1. The summed E-state index contributed by atoms with van der Waals surface area (Å²) < 4.78 is 7.36. The second-order valence-corrected chi connectivity index (χ2v) is 3.30. The zero-order chi connectivity index (χ0) is 9.94. The molecular weight excluding hydrogens is 279 g/mol. The van der Waals surface area contributed by atoms with E-state index in [0.717, 1.165) is 32.1 Å². The van der Waals surface area contributed by atoms with Gasteiger partial charge in [0, 0.05) is 35.4 Å². The van der Waals surface area contributed by atoms with Gasteiger partial charge in [-0.3, -0.25) is 4.79 Å². The van der Waals surface area contributed by atoms with Crippen molar-refractivity contribution >= 4 is 28.6 Å². The molecule has 0 aromatic rings. The standard InChI is InChI=1S/C10H15IO2/c1-13-10(12)8-6-4-2-3-5-7-9-11/h2-6,8H2,1H3. The average molecular weight is 294 g/mol. The minimum atomic E-state index is -0.105. The molecule has 3 heteroatoms. The summed E-state index contributed by atoms with van der Waals surface area (Å²) in [6.45, 7) is 0. The normalized spacial score (nSPS) is 8.77. The fraction of sp³-hybridized carbons (Fsp3) is 0.700. The number of hydrogen-bond donors (Lipinski definition) is 0. The van der Waals surface area contributed by atoms with Crippen molar-refractivity contribution < 1.29 is 9.53 Å². The van der Waals surface area contributed by atoms with Crippen LogP contribution in [0.3, 0.4) is 0 Å². The number of halogens is 1. The molecule has 74 valence electrons. The van der Waals surface area contributed by atoms with E-state index in [1.807, 2.05) is 22.6 Å². The van der Waals surface area contributed by atoms with Gasteiger partial charge in [-0.2, -0.15) is 0 Å². The Morgan fingerprint density at radius 2 is 2.00 bits per heavy atom. The Hall–Kier alpha value is -0.240. The van der Waals surface area contributed by atoms with E-state index in [4.69, 9.17) is 0 Å². The number of rotatable bonds is 6. The molecule has 0 unspecified atom stereocenters. The summed E-state index contributed by atoms with van der Waals surface area (Å²) in [6, 6.07) is 0. The van der Waals surface area contributed by atoms with Crippen LogP contribution in [-0.2, 0) is 9.53 Å². The summed E-state index contributed by atoms with van der Waals surface area (Å²) in [5.74, 6) is 2.90. The maximum atomic E-state index is 10.7. The second kappa shape index (κ2) is 9.85. The Kier molecular flexibility index (Phi) is 9.66. The molecule has 0 radical (unpaired) electrons. The van der Waals surface area contributed by atoms with Crippen LogP contribution < -0.4 is 0 Å². The van der Waals surface area contributed by atoms with E-state index in [2.05, 4.69) is 14.6 Å². The zero-order valence-corrected chi connectivity index (χ0v) is 10.1. The van der Waals surface area contributed by atoms with Gasteiger partial charge in [0.1, 0.15) is 0 Å². The Morgan fingerprint density at radius 3 is 2.62 bits per heavy atom. The largest absolute Gasteiger partial charge is 0.469 e. The van der Waals surface area contributed by atoms with Crippen molar-refractivity contribution in [2.45, 2.75) is 38.5 Å². The van der Waals surface area contributed by atoms with Gasteiger partial charge in [0.05, 0.1) is 7.11 Å². The van der Waals surface area contributed by atoms with E-state index >= 15 is 0 Å². The van der Waals surface area contributed by atoms with E-state index in [0.29, 0.717) is 6.42 Å². The molecule has 0 rings (SSSR count). The van der Waals surface area contributed by atoms with Crippen molar-refractivity contribution in [2.75, 3.05) is 7.11 Å². The highest BCUT2D eigenvalue weighted by molar-refractivity contribution is 14.1. The molecule has 0 aromatic heterocycles. The summed E-state index contributed by atoms with van der Waals surface area (Å²) in [5.41, 5.74) is 0. The molecule has 0 aliphatic carbocycles. The minimum absolute atomic E-state index is 0.105. The Bertz CT molecular complexity index is 191. The van der Waals surface area contributed by atoms with Crippen molar-refractivity contribution in [1.29, 1.82) is 0 Å². The molecule has 2 nitrogen and oxygen atoms in total. The lowest BCUT2D eigenvalue weighted by Crippen LogP contribution is -1.98. The SMILES string of the molecule is COC(=O)CCCCCCC#CI. The third-order valence-corrected chi connectivity index (χ3v) is 2.11. The van der Waals surface area contributed by atoms with Crippen molar-refractivity contribution in [3.8, 4) is 9.85 Å². The molecule has 0 saturated heterocycles. The first-order chi connectivity index (χ1) is 6.31. The molecule has 0 saturated carbocycles. The summed E-state index contributed by atoms with van der Waals surface area (Å²) >= 11 is 2.05. The molecule has 13 heavy (non-hydrogen) atoms. The second-order valence-electron chi connectivity index (χ2n) is 2.76. The molecule has 0 atom stereocenters. The summed E-state index contributed by atoms with van der Waals surface area (Å²) in [4.78, 5) is 10.7. The van der Waals surface area contributed by atoms with Crippen LogP contribution in [-0.4, -0.2) is 13.1 Å². The molecule has 0 aliphatic heterocycles. The van der Waals surface area contributed by atoms with Crippen molar-refractivity contribution in [2.24, 2.45) is 0 Å². The van der Waals surface area contributed by atoms with Gasteiger partial charge in [-0.15, -0.1) is 0 Å². The maximum absolute atomic E-state index is 10.7. The molecule has 0 aromatic carbocycles. The van der Waals surface area contributed by atoms with Crippen LogP contribution in [0.4, 0.5) is 0 Å².